The van der Waals surface area contributed by atoms with Gasteiger partial charge in [-0.05, 0) is 40.9 Å². The summed E-state index contributed by atoms with van der Waals surface area (Å²) in [5.74, 6) is 2.60. The van der Waals surface area contributed by atoms with E-state index >= 15 is 0 Å². The Balaban J connectivity index is 2.38. The molecular weight excluding hydrogens is 330 g/mol. The molecule has 0 radical (unpaired) electrons. The molecule has 2 rings (SSSR count). The number of hydrogen-bond donors (Lipinski definition) is 0. The standard InChI is InChI=1S/C16H20BrN3O/c1-9(2)12-8-14(20-16(19-12)10(3)4)21-13-7-6-11(5)18-15(13)17/h6-10H,1-5H3. The number of pyridine rings is 1. The van der Waals surface area contributed by atoms with Crippen molar-refractivity contribution >= 4 is 15.9 Å². The number of ether oxygens (including phenoxy) is 1. The number of halogens is 1. The van der Waals surface area contributed by atoms with Crippen LogP contribution < -0.4 is 4.74 Å². The van der Waals surface area contributed by atoms with Crippen LogP contribution in [0.5, 0.6) is 11.6 Å². The first-order valence-electron chi connectivity index (χ1n) is 7.06. The molecule has 0 aliphatic heterocycles. The molecule has 0 amide bonds. The fourth-order valence-electron chi connectivity index (χ4n) is 1.77. The third-order valence-electron chi connectivity index (χ3n) is 3.02. The van der Waals surface area contributed by atoms with Crippen LogP contribution in [0, 0.1) is 6.92 Å². The van der Waals surface area contributed by atoms with Crippen LogP contribution in [0.3, 0.4) is 0 Å². The lowest BCUT2D eigenvalue weighted by Gasteiger charge is -2.13. The van der Waals surface area contributed by atoms with Crippen molar-refractivity contribution in [3.8, 4) is 11.6 Å². The van der Waals surface area contributed by atoms with Crippen molar-refractivity contribution in [1.82, 2.24) is 15.0 Å². The van der Waals surface area contributed by atoms with E-state index in [-0.39, 0.29) is 5.92 Å². The van der Waals surface area contributed by atoms with Crippen molar-refractivity contribution in [1.29, 1.82) is 0 Å². The van der Waals surface area contributed by atoms with E-state index in [1.54, 1.807) is 0 Å². The van der Waals surface area contributed by atoms with Crippen LogP contribution in [-0.4, -0.2) is 15.0 Å². The summed E-state index contributed by atoms with van der Waals surface area (Å²) in [5.41, 5.74) is 1.92. The minimum atomic E-state index is 0.255. The first kappa shape index (κ1) is 15.9. The van der Waals surface area contributed by atoms with Gasteiger partial charge in [0.2, 0.25) is 5.88 Å². The summed E-state index contributed by atoms with van der Waals surface area (Å²) in [4.78, 5) is 13.4. The van der Waals surface area contributed by atoms with Gasteiger partial charge in [0, 0.05) is 17.7 Å². The average Bonchev–Trinajstić information content (AvgIpc) is 2.41. The van der Waals surface area contributed by atoms with Gasteiger partial charge in [0.05, 0.1) is 5.69 Å². The fourth-order valence-corrected chi connectivity index (χ4v) is 2.26. The van der Waals surface area contributed by atoms with Gasteiger partial charge in [-0.1, -0.05) is 27.7 Å². The van der Waals surface area contributed by atoms with Crippen molar-refractivity contribution in [2.75, 3.05) is 0 Å². The van der Waals surface area contributed by atoms with Crippen molar-refractivity contribution in [2.45, 2.75) is 46.5 Å². The molecule has 0 bridgehead atoms. The molecule has 21 heavy (non-hydrogen) atoms. The highest BCUT2D eigenvalue weighted by molar-refractivity contribution is 9.10. The number of nitrogens with zero attached hydrogens (tertiary/aromatic N) is 3. The van der Waals surface area contributed by atoms with E-state index in [9.17, 15) is 0 Å². The van der Waals surface area contributed by atoms with Crippen LogP contribution in [0.1, 0.15) is 56.7 Å². The highest BCUT2D eigenvalue weighted by Crippen LogP contribution is 2.29. The van der Waals surface area contributed by atoms with Gasteiger partial charge in [0.1, 0.15) is 10.4 Å². The molecule has 2 heterocycles. The second kappa shape index (κ2) is 6.52. The molecule has 2 aromatic rings. The largest absolute Gasteiger partial charge is 0.436 e. The van der Waals surface area contributed by atoms with E-state index in [1.807, 2.05) is 25.1 Å². The summed E-state index contributed by atoms with van der Waals surface area (Å²) in [5, 5.41) is 0. The first-order valence-corrected chi connectivity index (χ1v) is 7.86. The van der Waals surface area contributed by atoms with Crippen molar-refractivity contribution < 1.29 is 4.74 Å². The fraction of sp³-hybridized carbons (Fsp3) is 0.438. The van der Waals surface area contributed by atoms with Gasteiger partial charge in [-0.15, -0.1) is 0 Å². The molecule has 0 saturated carbocycles. The molecule has 4 nitrogen and oxygen atoms in total. The Bertz CT molecular complexity index is 615. The Morgan fingerprint density at radius 2 is 1.71 bits per heavy atom. The van der Waals surface area contributed by atoms with E-state index in [0.717, 1.165) is 17.2 Å². The lowest BCUT2D eigenvalue weighted by Crippen LogP contribution is -2.04. The zero-order valence-electron chi connectivity index (χ0n) is 13.0. The number of aryl methyl sites for hydroxylation is 1. The summed E-state index contributed by atoms with van der Waals surface area (Å²) in [6, 6.07) is 5.69. The summed E-state index contributed by atoms with van der Waals surface area (Å²) >= 11 is 3.42. The summed E-state index contributed by atoms with van der Waals surface area (Å²) < 4.78 is 6.56. The maximum Gasteiger partial charge on any atom is 0.222 e. The predicted octanol–water partition coefficient (Wildman–Crippen LogP) is 4.98. The monoisotopic (exact) mass is 349 g/mol. The van der Waals surface area contributed by atoms with E-state index in [4.69, 9.17) is 4.74 Å². The molecule has 5 heteroatoms. The number of rotatable bonds is 4. The summed E-state index contributed by atoms with van der Waals surface area (Å²) in [6.45, 7) is 10.3. The molecule has 0 unspecified atom stereocenters. The lowest BCUT2D eigenvalue weighted by molar-refractivity contribution is 0.449. The molecule has 0 aliphatic rings. The molecule has 0 N–H and O–H groups in total. The van der Waals surface area contributed by atoms with E-state index in [0.29, 0.717) is 22.2 Å². The van der Waals surface area contributed by atoms with Gasteiger partial charge < -0.3 is 4.74 Å². The van der Waals surface area contributed by atoms with Gasteiger partial charge in [0.15, 0.2) is 5.75 Å². The summed E-state index contributed by atoms with van der Waals surface area (Å²) in [7, 11) is 0. The highest BCUT2D eigenvalue weighted by atomic mass is 79.9. The third kappa shape index (κ3) is 4.00. The molecule has 0 saturated heterocycles. The second-order valence-electron chi connectivity index (χ2n) is 5.64. The van der Waals surface area contributed by atoms with E-state index in [1.165, 1.54) is 0 Å². The zero-order valence-corrected chi connectivity index (χ0v) is 14.6. The van der Waals surface area contributed by atoms with Gasteiger partial charge in [-0.25, -0.2) is 9.97 Å². The van der Waals surface area contributed by atoms with Crippen LogP contribution in [0.4, 0.5) is 0 Å². The third-order valence-corrected chi connectivity index (χ3v) is 3.58. The summed E-state index contributed by atoms with van der Waals surface area (Å²) in [6.07, 6.45) is 0. The SMILES string of the molecule is Cc1ccc(Oc2cc(C(C)C)nc(C(C)C)n2)c(Br)n1. The second-order valence-corrected chi connectivity index (χ2v) is 6.39. The topological polar surface area (TPSA) is 47.9 Å². The Hall–Kier alpha value is -1.49. The van der Waals surface area contributed by atoms with Crippen LogP contribution in [-0.2, 0) is 0 Å². The quantitative estimate of drug-likeness (QED) is 0.730. The van der Waals surface area contributed by atoms with E-state index < -0.39 is 0 Å². The maximum atomic E-state index is 5.89. The number of hydrogen-bond acceptors (Lipinski definition) is 4. The highest BCUT2D eigenvalue weighted by Gasteiger charge is 2.13. The normalized spacial score (nSPS) is 11.2. The molecule has 0 spiro atoms. The van der Waals surface area contributed by atoms with Gasteiger partial charge >= 0.3 is 0 Å². The Kier molecular flexibility index (Phi) is 4.93. The Morgan fingerprint density at radius 1 is 1.00 bits per heavy atom. The maximum absolute atomic E-state index is 5.89. The number of aromatic nitrogens is 3. The first-order chi connectivity index (χ1) is 9.86. The minimum Gasteiger partial charge on any atom is -0.436 e. The van der Waals surface area contributed by atoms with Crippen molar-refractivity contribution in [3.63, 3.8) is 0 Å². The molecular formula is C16H20BrN3O. The molecule has 0 aromatic carbocycles. The van der Waals surface area contributed by atoms with Gasteiger partial charge in [-0.2, -0.15) is 4.98 Å². The molecule has 2 aromatic heterocycles. The molecule has 0 aliphatic carbocycles. The van der Waals surface area contributed by atoms with Crippen LogP contribution in [0.2, 0.25) is 0 Å². The van der Waals surface area contributed by atoms with Gasteiger partial charge in [-0.3, -0.25) is 0 Å². The van der Waals surface area contributed by atoms with Crippen molar-refractivity contribution in [2.24, 2.45) is 0 Å². The minimum absolute atomic E-state index is 0.255. The van der Waals surface area contributed by atoms with E-state index in [2.05, 4.69) is 58.6 Å². The zero-order chi connectivity index (χ0) is 15.6. The Labute approximate surface area is 134 Å². The van der Waals surface area contributed by atoms with Gasteiger partial charge in [0.25, 0.3) is 0 Å². The van der Waals surface area contributed by atoms with Crippen LogP contribution in [0.15, 0.2) is 22.8 Å². The van der Waals surface area contributed by atoms with Crippen molar-refractivity contribution in [3.05, 3.63) is 40.0 Å². The van der Waals surface area contributed by atoms with Crippen LogP contribution in [0.25, 0.3) is 0 Å². The Morgan fingerprint density at radius 3 is 2.29 bits per heavy atom. The molecule has 0 atom stereocenters. The molecule has 112 valence electrons. The lowest BCUT2D eigenvalue weighted by atomic mass is 10.1. The van der Waals surface area contributed by atoms with Crippen LogP contribution >= 0.6 is 15.9 Å². The predicted molar refractivity (Wildman–Crippen MR) is 87.0 cm³/mol. The average molecular weight is 350 g/mol. The molecule has 0 fully saturated rings. The smallest absolute Gasteiger partial charge is 0.222 e.